The Labute approximate surface area is 160 Å². The van der Waals surface area contributed by atoms with Crippen LogP contribution in [0.4, 0.5) is 0 Å². The Hall–Kier alpha value is -2.26. The lowest BCUT2D eigenvalue weighted by atomic mass is 9.80. The van der Waals surface area contributed by atoms with Gasteiger partial charge in [-0.1, -0.05) is 5.16 Å². The number of aromatic nitrogens is 2. The minimum Gasteiger partial charge on any atom is -0.375 e. The third kappa shape index (κ3) is 3.25. The lowest BCUT2D eigenvalue weighted by molar-refractivity contribution is -0.134. The van der Waals surface area contributed by atoms with Crippen molar-refractivity contribution >= 4 is 23.2 Å². The fourth-order valence-corrected chi connectivity index (χ4v) is 5.01. The smallest absolute Gasteiger partial charge is 0.252 e. The van der Waals surface area contributed by atoms with E-state index in [1.54, 1.807) is 6.92 Å². The first kappa shape index (κ1) is 18.1. The molecule has 27 heavy (non-hydrogen) atoms. The average Bonchev–Trinajstić information content (AvgIpc) is 3.37. The van der Waals surface area contributed by atoms with Gasteiger partial charge in [-0.2, -0.15) is 16.3 Å². The van der Waals surface area contributed by atoms with Gasteiger partial charge >= 0.3 is 0 Å². The number of methoxy groups -OCH3 is 1. The van der Waals surface area contributed by atoms with Crippen LogP contribution in [0.15, 0.2) is 21.3 Å². The Morgan fingerprint density at radius 1 is 1.52 bits per heavy atom. The molecule has 2 aromatic rings. The normalized spacial score (nSPS) is 27.0. The van der Waals surface area contributed by atoms with Gasteiger partial charge in [0, 0.05) is 37.2 Å². The number of thiophene rings is 1. The van der Waals surface area contributed by atoms with Gasteiger partial charge in [0.25, 0.3) is 5.91 Å². The first-order chi connectivity index (χ1) is 13.0. The van der Waals surface area contributed by atoms with Gasteiger partial charge in [-0.3, -0.25) is 9.59 Å². The van der Waals surface area contributed by atoms with Crippen molar-refractivity contribution in [2.24, 2.45) is 5.92 Å². The van der Waals surface area contributed by atoms with Crippen LogP contribution in [0.3, 0.4) is 0 Å². The van der Waals surface area contributed by atoms with E-state index in [9.17, 15) is 9.59 Å². The SMILES string of the molecule is COCC(=O)N1C[C@@H]2C[C@@H](NC(=O)c3ccsc3)C[C@]2(c2nc(C)no2)C1. The molecule has 4 rings (SSSR count). The van der Waals surface area contributed by atoms with E-state index in [-0.39, 0.29) is 30.4 Å². The Morgan fingerprint density at radius 3 is 3.04 bits per heavy atom. The van der Waals surface area contributed by atoms with Crippen molar-refractivity contribution in [2.45, 2.75) is 31.2 Å². The molecule has 3 atom stereocenters. The highest BCUT2D eigenvalue weighted by Gasteiger charge is 2.58. The number of nitrogens with zero attached hydrogens (tertiary/aromatic N) is 3. The van der Waals surface area contributed by atoms with Crippen molar-refractivity contribution in [2.75, 3.05) is 26.8 Å². The molecule has 2 aromatic heterocycles. The minimum absolute atomic E-state index is 0.00860. The molecule has 2 amide bonds. The molecule has 1 saturated heterocycles. The fourth-order valence-electron chi connectivity index (χ4n) is 4.38. The monoisotopic (exact) mass is 390 g/mol. The number of amides is 2. The number of aryl methyl sites for hydroxylation is 1. The second-order valence-corrected chi connectivity index (χ2v) is 8.11. The van der Waals surface area contributed by atoms with Crippen molar-refractivity contribution in [3.63, 3.8) is 0 Å². The molecule has 0 unspecified atom stereocenters. The second kappa shape index (κ2) is 7.05. The van der Waals surface area contributed by atoms with E-state index in [4.69, 9.17) is 9.26 Å². The zero-order valence-electron chi connectivity index (χ0n) is 15.3. The Morgan fingerprint density at radius 2 is 2.37 bits per heavy atom. The molecule has 144 valence electrons. The molecule has 9 heteroatoms. The lowest BCUT2D eigenvalue weighted by Gasteiger charge is -2.25. The molecular weight excluding hydrogens is 368 g/mol. The Bertz CT molecular complexity index is 836. The van der Waals surface area contributed by atoms with E-state index in [0.717, 1.165) is 6.42 Å². The molecule has 3 heterocycles. The molecule has 0 bridgehead atoms. The van der Waals surface area contributed by atoms with Gasteiger partial charge in [0.2, 0.25) is 11.8 Å². The molecule has 0 radical (unpaired) electrons. The van der Waals surface area contributed by atoms with E-state index < -0.39 is 5.41 Å². The summed E-state index contributed by atoms with van der Waals surface area (Å²) in [4.78, 5) is 31.1. The molecule has 1 aliphatic heterocycles. The summed E-state index contributed by atoms with van der Waals surface area (Å²) in [6, 6.07) is 1.83. The summed E-state index contributed by atoms with van der Waals surface area (Å²) in [5.41, 5.74) is 0.258. The number of ether oxygens (including phenoxy) is 1. The summed E-state index contributed by atoms with van der Waals surface area (Å²) < 4.78 is 10.5. The number of fused-ring (bicyclic) bond motifs is 1. The Kier molecular flexibility index (Phi) is 4.73. The predicted molar refractivity (Wildman–Crippen MR) is 97.5 cm³/mol. The molecule has 2 aliphatic rings. The van der Waals surface area contributed by atoms with Crippen molar-refractivity contribution in [1.29, 1.82) is 0 Å². The minimum atomic E-state index is -0.419. The number of carbonyl (C=O) groups is 2. The molecule has 1 aliphatic carbocycles. The van der Waals surface area contributed by atoms with Crippen LogP contribution in [0.1, 0.15) is 34.9 Å². The summed E-state index contributed by atoms with van der Waals surface area (Å²) in [6.45, 7) is 2.96. The van der Waals surface area contributed by atoms with Crippen LogP contribution in [-0.2, 0) is 14.9 Å². The fraction of sp³-hybridized carbons (Fsp3) is 0.556. The van der Waals surface area contributed by atoms with Gasteiger partial charge in [0.05, 0.1) is 5.41 Å². The summed E-state index contributed by atoms with van der Waals surface area (Å²) >= 11 is 1.50. The topological polar surface area (TPSA) is 97.6 Å². The molecule has 1 saturated carbocycles. The van der Waals surface area contributed by atoms with Crippen LogP contribution in [0, 0.1) is 12.8 Å². The maximum atomic E-state index is 12.4. The number of likely N-dealkylation sites (tertiary alicyclic amines) is 1. The highest BCUT2D eigenvalue weighted by molar-refractivity contribution is 7.08. The van der Waals surface area contributed by atoms with Crippen LogP contribution in [0.5, 0.6) is 0 Å². The summed E-state index contributed by atoms with van der Waals surface area (Å²) in [6.07, 6.45) is 1.44. The van der Waals surface area contributed by atoms with Crippen molar-refractivity contribution < 1.29 is 18.8 Å². The number of hydrogen-bond donors (Lipinski definition) is 1. The van der Waals surface area contributed by atoms with Crippen LogP contribution in [0.25, 0.3) is 0 Å². The standard InChI is InChI=1S/C18H22N4O4S/c1-11-19-17(26-21-11)18-6-14(20-16(24)12-3-4-27-9-12)5-13(18)7-22(10-18)15(23)8-25-2/h3-4,9,13-14H,5-8,10H2,1-2H3,(H,20,24)/t13-,14+,18-/m0/s1. The third-order valence-corrected chi connectivity index (χ3v) is 6.25. The first-order valence-electron chi connectivity index (χ1n) is 8.92. The number of hydrogen-bond acceptors (Lipinski definition) is 7. The predicted octanol–water partition coefficient (Wildman–Crippen LogP) is 1.37. The highest BCUT2D eigenvalue weighted by Crippen LogP contribution is 2.50. The van der Waals surface area contributed by atoms with E-state index >= 15 is 0 Å². The van der Waals surface area contributed by atoms with Gasteiger partial charge in [-0.15, -0.1) is 0 Å². The number of nitrogens with one attached hydrogen (secondary N) is 1. The van der Waals surface area contributed by atoms with Gasteiger partial charge in [-0.25, -0.2) is 0 Å². The molecule has 0 aromatic carbocycles. The Balaban J connectivity index is 1.55. The van der Waals surface area contributed by atoms with Gasteiger partial charge in [0.1, 0.15) is 6.61 Å². The van der Waals surface area contributed by atoms with E-state index in [2.05, 4.69) is 15.5 Å². The molecule has 8 nitrogen and oxygen atoms in total. The van der Waals surface area contributed by atoms with Crippen LogP contribution in [0.2, 0.25) is 0 Å². The summed E-state index contributed by atoms with van der Waals surface area (Å²) in [5.74, 6) is 1.19. The van der Waals surface area contributed by atoms with E-state index in [1.165, 1.54) is 18.4 Å². The van der Waals surface area contributed by atoms with Crippen LogP contribution >= 0.6 is 11.3 Å². The second-order valence-electron chi connectivity index (χ2n) is 7.33. The third-order valence-electron chi connectivity index (χ3n) is 5.57. The van der Waals surface area contributed by atoms with Crippen LogP contribution in [-0.4, -0.2) is 59.7 Å². The molecule has 1 N–H and O–H groups in total. The summed E-state index contributed by atoms with van der Waals surface area (Å²) in [7, 11) is 1.52. The van der Waals surface area contributed by atoms with E-state index in [0.29, 0.717) is 36.8 Å². The zero-order valence-corrected chi connectivity index (χ0v) is 16.1. The van der Waals surface area contributed by atoms with Gasteiger partial charge in [0.15, 0.2) is 5.82 Å². The maximum Gasteiger partial charge on any atom is 0.252 e. The average molecular weight is 390 g/mol. The van der Waals surface area contributed by atoms with Crippen molar-refractivity contribution in [1.82, 2.24) is 20.4 Å². The number of rotatable bonds is 5. The highest BCUT2D eigenvalue weighted by atomic mass is 32.1. The molecule has 2 fully saturated rings. The first-order valence-corrected chi connectivity index (χ1v) is 9.86. The van der Waals surface area contributed by atoms with Crippen molar-refractivity contribution in [3.8, 4) is 0 Å². The van der Waals surface area contributed by atoms with Gasteiger partial charge < -0.3 is 19.5 Å². The molecular formula is C18H22N4O4S. The van der Waals surface area contributed by atoms with E-state index in [1.807, 2.05) is 21.7 Å². The van der Waals surface area contributed by atoms with Crippen molar-refractivity contribution in [3.05, 3.63) is 34.1 Å². The van der Waals surface area contributed by atoms with Gasteiger partial charge in [-0.05, 0) is 37.1 Å². The molecule has 0 spiro atoms. The zero-order chi connectivity index (χ0) is 19.0. The largest absolute Gasteiger partial charge is 0.375 e. The quantitative estimate of drug-likeness (QED) is 0.828. The van der Waals surface area contributed by atoms with Crippen LogP contribution < -0.4 is 5.32 Å². The summed E-state index contributed by atoms with van der Waals surface area (Å²) in [5, 5.41) is 10.8. The number of carbonyl (C=O) groups excluding carboxylic acids is 2. The maximum absolute atomic E-state index is 12.4. The lowest BCUT2D eigenvalue weighted by Crippen LogP contribution is -2.40.